The van der Waals surface area contributed by atoms with Gasteiger partial charge in [0.05, 0.1) is 30.4 Å². The summed E-state index contributed by atoms with van der Waals surface area (Å²) < 4.78 is 9.16. The molecule has 10 heteroatoms. The number of aromatic nitrogens is 5. The highest BCUT2D eigenvalue weighted by molar-refractivity contribution is 6.09. The summed E-state index contributed by atoms with van der Waals surface area (Å²) in [6, 6.07) is 5.98. The van der Waals surface area contributed by atoms with E-state index in [0.717, 1.165) is 49.4 Å². The first-order valence-corrected chi connectivity index (χ1v) is 12.4. The number of rotatable bonds is 6. The minimum absolute atomic E-state index is 0.259. The van der Waals surface area contributed by atoms with Gasteiger partial charge in [0.1, 0.15) is 11.4 Å². The third kappa shape index (κ3) is 4.06. The Morgan fingerprint density at radius 3 is 2.69 bits per heavy atom. The second-order valence-electron chi connectivity index (χ2n) is 9.81. The van der Waals surface area contributed by atoms with Gasteiger partial charge >= 0.3 is 0 Å². The summed E-state index contributed by atoms with van der Waals surface area (Å²) in [7, 11) is 3.50. The molecule has 2 aliphatic carbocycles. The van der Waals surface area contributed by atoms with Crippen LogP contribution in [0.4, 0.5) is 5.69 Å². The third-order valence-electron chi connectivity index (χ3n) is 7.48. The summed E-state index contributed by atoms with van der Waals surface area (Å²) in [6.45, 7) is 0. The molecule has 2 aliphatic rings. The van der Waals surface area contributed by atoms with Crippen molar-refractivity contribution in [3.8, 4) is 5.75 Å². The molecule has 0 radical (unpaired) electrons. The van der Waals surface area contributed by atoms with E-state index in [2.05, 4.69) is 15.4 Å². The number of nitrogens with zero attached hydrogens (tertiary/aromatic N) is 6. The van der Waals surface area contributed by atoms with Crippen molar-refractivity contribution >= 4 is 34.1 Å². The second-order valence-corrected chi connectivity index (χ2v) is 9.81. The Kier molecular flexibility index (Phi) is 5.58. The molecule has 10 nitrogen and oxygen atoms in total. The standard InChI is InChI=1S/C26H29N7O3/c1-31(26(35)16-4-5-16)18-6-8-19(9-7-18)33-15-17-12-20(23(36-2)13-21(17)30-33)25(34)29-22-14-28-32-11-3-10-27-24(22)32/h3,10-16,18-19H,4-9H2,1-2H3,(H,29,34)/t18-,19-. The molecule has 0 aliphatic heterocycles. The Morgan fingerprint density at radius 1 is 1.14 bits per heavy atom. The first kappa shape index (κ1) is 22.5. The molecule has 2 saturated carbocycles. The average molecular weight is 488 g/mol. The molecule has 2 fully saturated rings. The number of hydrogen-bond acceptors (Lipinski definition) is 6. The quantitative estimate of drug-likeness (QED) is 0.445. The van der Waals surface area contributed by atoms with Crippen LogP contribution in [0.5, 0.6) is 5.75 Å². The maximum Gasteiger partial charge on any atom is 0.259 e. The molecule has 4 aromatic rings. The number of carbonyl (C=O) groups is 2. The number of fused-ring (bicyclic) bond motifs is 2. The van der Waals surface area contributed by atoms with Gasteiger partial charge in [-0.25, -0.2) is 9.50 Å². The van der Waals surface area contributed by atoms with E-state index in [1.54, 1.807) is 36.3 Å². The number of ether oxygens (including phenoxy) is 1. The maximum absolute atomic E-state index is 13.2. The molecule has 186 valence electrons. The van der Waals surface area contributed by atoms with Crippen LogP contribution in [0.3, 0.4) is 0 Å². The van der Waals surface area contributed by atoms with Crippen LogP contribution in [-0.4, -0.2) is 61.3 Å². The minimum atomic E-state index is -0.300. The van der Waals surface area contributed by atoms with E-state index in [1.807, 2.05) is 35.0 Å². The van der Waals surface area contributed by atoms with Crippen molar-refractivity contribution in [1.82, 2.24) is 29.3 Å². The number of hydrogen-bond donors (Lipinski definition) is 1. The second kappa shape index (κ2) is 8.92. The molecule has 3 aromatic heterocycles. The van der Waals surface area contributed by atoms with E-state index in [-0.39, 0.29) is 17.9 Å². The molecule has 3 heterocycles. The van der Waals surface area contributed by atoms with Crippen LogP contribution in [0.15, 0.2) is 43.0 Å². The van der Waals surface area contributed by atoms with Gasteiger partial charge in [0.15, 0.2) is 5.65 Å². The molecule has 0 spiro atoms. The van der Waals surface area contributed by atoms with Crippen LogP contribution in [0.2, 0.25) is 0 Å². The van der Waals surface area contributed by atoms with E-state index in [4.69, 9.17) is 9.84 Å². The van der Waals surface area contributed by atoms with Gasteiger partial charge in [-0.3, -0.25) is 14.3 Å². The highest BCUT2D eigenvalue weighted by atomic mass is 16.5. The zero-order valence-corrected chi connectivity index (χ0v) is 20.4. The fraction of sp³-hybridized carbons (Fsp3) is 0.423. The van der Waals surface area contributed by atoms with E-state index >= 15 is 0 Å². The molecular weight excluding hydrogens is 458 g/mol. The number of nitrogens with one attached hydrogen (secondary N) is 1. The van der Waals surface area contributed by atoms with E-state index in [1.165, 1.54) is 0 Å². The first-order chi connectivity index (χ1) is 17.5. The van der Waals surface area contributed by atoms with Gasteiger partial charge in [0.2, 0.25) is 5.91 Å². The lowest BCUT2D eigenvalue weighted by atomic mass is 9.90. The topological polar surface area (TPSA) is 107 Å². The fourth-order valence-electron chi connectivity index (χ4n) is 5.22. The van der Waals surface area contributed by atoms with Crippen molar-refractivity contribution in [3.63, 3.8) is 0 Å². The van der Waals surface area contributed by atoms with Crippen LogP contribution in [0, 0.1) is 5.92 Å². The highest BCUT2D eigenvalue weighted by Crippen LogP contribution is 2.36. The normalized spacial score (nSPS) is 19.9. The van der Waals surface area contributed by atoms with Crippen molar-refractivity contribution in [1.29, 1.82) is 0 Å². The molecule has 0 atom stereocenters. The third-order valence-corrected chi connectivity index (χ3v) is 7.48. The Labute approximate surface area is 208 Å². The lowest BCUT2D eigenvalue weighted by Gasteiger charge is -2.34. The summed E-state index contributed by atoms with van der Waals surface area (Å²) in [6.07, 6.45) is 13.0. The predicted octanol–water partition coefficient (Wildman–Crippen LogP) is 3.69. The largest absolute Gasteiger partial charge is 0.496 e. The highest BCUT2D eigenvalue weighted by Gasteiger charge is 2.36. The molecular formula is C26H29N7O3. The van der Waals surface area contributed by atoms with Gasteiger partial charge in [-0.1, -0.05) is 0 Å². The monoisotopic (exact) mass is 487 g/mol. The molecule has 6 rings (SSSR count). The molecule has 2 amide bonds. The Hall–Kier alpha value is -3.95. The number of carbonyl (C=O) groups excluding carboxylic acids is 2. The van der Waals surface area contributed by atoms with Gasteiger partial charge in [-0.15, -0.1) is 0 Å². The molecule has 36 heavy (non-hydrogen) atoms. The van der Waals surface area contributed by atoms with Crippen molar-refractivity contribution in [2.45, 2.75) is 50.6 Å². The first-order valence-electron chi connectivity index (χ1n) is 12.4. The summed E-state index contributed by atoms with van der Waals surface area (Å²) in [4.78, 5) is 31.9. The molecule has 0 unspecified atom stereocenters. The number of anilines is 1. The zero-order chi connectivity index (χ0) is 24.8. The van der Waals surface area contributed by atoms with Crippen LogP contribution in [-0.2, 0) is 4.79 Å². The smallest absolute Gasteiger partial charge is 0.259 e. The molecule has 1 N–H and O–H groups in total. The average Bonchev–Trinajstić information content (AvgIpc) is 3.56. The van der Waals surface area contributed by atoms with Crippen LogP contribution >= 0.6 is 0 Å². The fourth-order valence-corrected chi connectivity index (χ4v) is 5.22. The van der Waals surface area contributed by atoms with Crippen molar-refractivity contribution < 1.29 is 14.3 Å². The van der Waals surface area contributed by atoms with Gasteiger partial charge in [-0.05, 0) is 50.7 Å². The maximum atomic E-state index is 13.2. The number of amides is 2. The lowest BCUT2D eigenvalue weighted by Crippen LogP contribution is -2.40. The Morgan fingerprint density at radius 2 is 1.94 bits per heavy atom. The SMILES string of the molecule is COc1cc2nn([C@H]3CC[C@H](N(C)C(=O)C4CC4)CC3)cc2cc1C(=O)Nc1cnn2cccnc12. The van der Waals surface area contributed by atoms with Crippen molar-refractivity contribution in [2.24, 2.45) is 5.92 Å². The van der Waals surface area contributed by atoms with Gasteiger partial charge in [0.25, 0.3) is 5.91 Å². The molecule has 0 saturated heterocycles. The predicted molar refractivity (Wildman–Crippen MR) is 134 cm³/mol. The van der Waals surface area contributed by atoms with Crippen LogP contribution in [0.25, 0.3) is 16.6 Å². The zero-order valence-electron chi connectivity index (χ0n) is 20.4. The lowest BCUT2D eigenvalue weighted by molar-refractivity contribution is -0.134. The van der Waals surface area contributed by atoms with Gasteiger partial charge < -0.3 is 15.0 Å². The van der Waals surface area contributed by atoms with Crippen molar-refractivity contribution in [3.05, 3.63) is 48.5 Å². The summed E-state index contributed by atoms with van der Waals surface area (Å²) in [5.41, 5.74) is 2.30. The van der Waals surface area contributed by atoms with Crippen LogP contribution < -0.4 is 10.1 Å². The van der Waals surface area contributed by atoms with Crippen molar-refractivity contribution in [2.75, 3.05) is 19.5 Å². The number of methoxy groups -OCH3 is 1. The summed E-state index contributed by atoms with van der Waals surface area (Å²) in [5, 5.41) is 12.8. The Balaban J connectivity index is 1.20. The van der Waals surface area contributed by atoms with E-state index < -0.39 is 0 Å². The summed E-state index contributed by atoms with van der Waals surface area (Å²) in [5.74, 6) is 0.722. The van der Waals surface area contributed by atoms with E-state index in [0.29, 0.717) is 34.6 Å². The van der Waals surface area contributed by atoms with E-state index in [9.17, 15) is 9.59 Å². The molecule has 0 bridgehead atoms. The summed E-state index contributed by atoms with van der Waals surface area (Å²) >= 11 is 0. The minimum Gasteiger partial charge on any atom is -0.496 e. The van der Waals surface area contributed by atoms with Crippen LogP contribution in [0.1, 0.15) is 54.9 Å². The van der Waals surface area contributed by atoms with Gasteiger partial charge in [0, 0.05) is 49.1 Å². The Bertz CT molecular complexity index is 1450. The number of benzene rings is 1. The van der Waals surface area contributed by atoms with Gasteiger partial charge in [-0.2, -0.15) is 10.2 Å². The molecule has 1 aromatic carbocycles.